The van der Waals surface area contributed by atoms with E-state index in [1.165, 1.54) is 29.4 Å². The molecule has 1 aliphatic heterocycles. The SMILES string of the molecule is Cc1ccc(/C(O)=C2\C(=O)C(=O)N(Cc3ccco3)[C@@H]2c2ccccc2[N+](=O)[O-])cc1. The number of carbonyl (C=O) groups is 2. The molecule has 1 saturated heterocycles. The molecule has 3 aromatic rings. The van der Waals surface area contributed by atoms with E-state index in [0.717, 1.165) is 5.56 Å². The summed E-state index contributed by atoms with van der Waals surface area (Å²) in [6.45, 7) is 1.79. The van der Waals surface area contributed by atoms with Crippen LogP contribution in [0.3, 0.4) is 0 Å². The number of hydrogen-bond acceptors (Lipinski definition) is 6. The van der Waals surface area contributed by atoms with Crippen molar-refractivity contribution in [3.63, 3.8) is 0 Å². The highest BCUT2D eigenvalue weighted by Crippen LogP contribution is 2.43. The zero-order chi connectivity index (χ0) is 22.1. The number of benzene rings is 2. The highest BCUT2D eigenvalue weighted by Gasteiger charge is 2.48. The Balaban J connectivity index is 1.93. The van der Waals surface area contributed by atoms with Crippen LogP contribution >= 0.6 is 0 Å². The molecule has 156 valence electrons. The van der Waals surface area contributed by atoms with Gasteiger partial charge in [0.25, 0.3) is 17.4 Å². The summed E-state index contributed by atoms with van der Waals surface area (Å²) in [5.74, 6) is -1.76. The fourth-order valence-corrected chi connectivity index (χ4v) is 3.69. The predicted octanol–water partition coefficient (Wildman–Crippen LogP) is 4.12. The van der Waals surface area contributed by atoms with Gasteiger partial charge in [0.15, 0.2) is 0 Å². The average Bonchev–Trinajstić information content (AvgIpc) is 3.36. The molecular formula is C23H18N2O6. The first-order chi connectivity index (χ1) is 14.9. The number of aryl methyl sites for hydroxylation is 1. The number of ketones is 1. The number of Topliss-reactive ketones (excluding diaryl/α,β-unsaturated/α-hetero) is 1. The fraction of sp³-hybridized carbons (Fsp3) is 0.130. The maximum Gasteiger partial charge on any atom is 0.296 e. The molecule has 1 N–H and O–H groups in total. The molecule has 8 heteroatoms. The van der Waals surface area contributed by atoms with E-state index in [4.69, 9.17) is 4.42 Å². The second kappa shape index (κ2) is 7.91. The van der Waals surface area contributed by atoms with Gasteiger partial charge < -0.3 is 14.4 Å². The van der Waals surface area contributed by atoms with Gasteiger partial charge in [0, 0.05) is 11.6 Å². The normalized spacial score (nSPS) is 17.8. The van der Waals surface area contributed by atoms with Crippen molar-refractivity contribution in [2.45, 2.75) is 19.5 Å². The number of aliphatic hydroxyl groups is 1. The molecule has 1 aromatic heterocycles. The van der Waals surface area contributed by atoms with Gasteiger partial charge in [0.05, 0.1) is 34.9 Å². The molecule has 2 aromatic carbocycles. The van der Waals surface area contributed by atoms with E-state index in [1.54, 1.807) is 42.5 Å². The Hall–Kier alpha value is -4.20. The third kappa shape index (κ3) is 3.59. The Labute approximate surface area is 177 Å². The van der Waals surface area contributed by atoms with E-state index >= 15 is 0 Å². The van der Waals surface area contributed by atoms with Gasteiger partial charge in [-0.15, -0.1) is 0 Å². The zero-order valence-electron chi connectivity index (χ0n) is 16.5. The van der Waals surface area contributed by atoms with Crippen LogP contribution in [-0.2, 0) is 16.1 Å². The monoisotopic (exact) mass is 418 g/mol. The number of nitro benzene ring substituents is 1. The minimum absolute atomic E-state index is 0.0844. The standard InChI is InChI=1S/C23H18N2O6/c1-14-8-10-15(11-9-14)21(26)19-20(17-6-2-3-7-18(17)25(29)30)24(23(28)22(19)27)13-16-5-4-12-31-16/h2-12,20,26H,13H2,1H3/b21-19+/t20-/m1/s1. The molecule has 8 nitrogen and oxygen atoms in total. The van der Waals surface area contributed by atoms with Crippen molar-refractivity contribution in [2.24, 2.45) is 0 Å². The van der Waals surface area contributed by atoms with Crippen LogP contribution in [0, 0.1) is 17.0 Å². The van der Waals surface area contributed by atoms with Gasteiger partial charge in [-0.1, -0.05) is 42.0 Å². The first kappa shape index (κ1) is 20.1. The fourth-order valence-electron chi connectivity index (χ4n) is 3.69. The van der Waals surface area contributed by atoms with Gasteiger partial charge in [-0.3, -0.25) is 19.7 Å². The number of carbonyl (C=O) groups excluding carboxylic acids is 2. The lowest BCUT2D eigenvalue weighted by Gasteiger charge is -2.24. The van der Waals surface area contributed by atoms with Crippen LogP contribution in [0.5, 0.6) is 0 Å². The van der Waals surface area contributed by atoms with Crippen molar-refractivity contribution in [1.29, 1.82) is 0 Å². The number of rotatable bonds is 5. The average molecular weight is 418 g/mol. The maximum absolute atomic E-state index is 13.0. The van der Waals surface area contributed by atoms with Crippen molar-refractivity contribution >= 4 is 23.1 Å². The molecule has 0 radical (unpaired) electrons. The number of hydrogen-bond donors (Lipinski definition) is 1. The Bertz CT molecular complexity index is 1200. The Morgan fingerprint density at radius 3 is 2.45 bits per heavy atom. The molecule has 1 aliphatic rings. The van der Waals surface area contributed by atoms with E-state index in [1.807, 2.05) is 6.92 Å². The number of aliphatic hydroxyl groups excluding tert-OH is 1. The van der Waals surface area contributed by atoms with E-state index in [-0.39, 0.29) is 29.1 Å². The summed E-state index contributed by atoms with van der Waals surface area (Å²) in [4.78, 5) is 38.2. The molecule has 0 bridgehead atoms. The van der Waals surface area contributed by atoms with Crippen molar-refractivity contribution in [2.75, 3.05) is 0 Å². The smallest absolute Gasteiger partial charge is 0.296 e. The third-order valence-electron chi connectivity index (χ3n) is 5.20. The van der Waals surface area contributed by atoms with Crippen molar-refractivity contribution < 1.29 is 24.0 Å². The van der Waals surface area contributed by atoms with Gasteiger partial charge in [-0.2, -0.15) is 0 Å². The van der Waals surface area contributed by atoms with E-state index < -0.39 is 22.7 Å². The molecule has 0 saturated carbocycles. The molecule has 31 heavy (non-hydrogen) atoms. The second-order valence-corrected chi connectivity index (χ2v) is 7.19. The Kier molecular flexibility index (Phi) is 5.12. The molecule has 4 rings (SSSR count). The lowest BCUT2D eigenvalue weighted by Crippen LogP contribution is -2.29. The topological polar surface area (TPSA) is 114 Å². The van der Waals surface area contributed by atoms with E-state index in [9.17, 15) is 24.8 Å². The summed E-state index contributed by atoms with van der Waals surface area (Å²) in [5.41, 5.74) is 0.963. The maximum atomic E-state index is 13.0. The first-order valence-electron chi connectivity index (χ1n) is 9.49. The van der Waals surface area contributed by atoms with Crippen molar-refractivity contribution in [1.82, 2.24) is 4.90 Å². The molecule has 1 atom stereocenters. The Morgan fingerprint density at radius 2 is 1.81 bits per heavy atom. The summed E-state index contributed by atoms with van der Waals surface area (Å²) < 4.78 is 5.32. The lowest BCUT2D eigenvalue weighted by molar-refractivity contribution is -0.385. The minimum Gasteiger partial charge on any atom is -0.507 e. The van der Waals surface area contributed by atoms with Crippen LogP contribution in [0.2, 0.25) is 0 Å². The molecule has 0 spiro atoms. The summed E-state index contributed by atoms with van der Waals surface area (Å²) >= 11 is 0. The summed E-state index contributed by atoms with van der Waals surface area (Å²) in [5, 5.41) is 22.7. The zero-order valence-corrected chi connectivity index (χ0v) is 16.5. The van der Waals surface area contributed by atoms with Gasteiger partial charge in [-0.05, 0) is 25.1 Å². The molecule has 0 aliphatic carbocycles. The molecular weight excluding hydrogens is 400 g/mol. The van der Waals surface area contributed by atoms with E-state index in [0.29, 0.717) is 11.3 Å². The van der Waals surface area contributed by atoms with Gasteiger partial charge >= 0.3 is 0 Å². The van der Waals surface area contributed by atoms with Crippen LogP contribution < -0.4 is 0 Å². The first-order valence-corrected chi connectivity index (χ1v) is 9.49. The molecule has 0 unspecified atom stereocenters. The number of nitro groups is 1. The molecule has 2 heterocycles. The number of likely N-dealkylation sites (tertiary alicyclic amines) is 1. The number of para-hydroxylation sites is 1. The number of amides is 1. The van der Waals surface area contributed by atoms with Crippen LogP contribution in [0.15, 0.2) is 76.9 Å². The van der Waals surface area contributed by atoms with Crippen molar-refractivity contribution in [3.8, 4) is 0 Å². The van der Waals surface area contributed by atoms with Crippen LogP contribution in [0.25, 0.3) is 5.76 Å². The second-order valence-electron chi connectivity index (χ2n) is 7.19. The summed E-state index contributed by atoms with van der Waals surface area (Å²) in [6, 6.07) is 14.8. The van der Waals surface area contributed by atoms with Gasteiger partial charge in [0.2, 0.25) is 0 Å². The molecule has 1 fully saturated rings. The predicted molar refractivity (Wildman–Crippen MR) is 111 cm³/mol. The minimum atomic E-state index is -1.15. The van der Waals surface area contributed by atoms with Crippen LogP contribution in [-0.4, -0.2) is 26.6 Å². The third-order valence-corrected chi connectivity index (χ3v) is 5.20. The highest BCUT2D eigenvalue weighted by atomic mass is 16.6. The lowest BCUT2D eigenvalue weighted by atomic mass is 9.94. The van der Waals surface area contributed by atoms with Crippen LogP contribution in [0.1, 0.15) is 28.5 Å². The van der Waals surface area contributed by atoms with Gasteiger partial charge in [0.1, 0.15) is 11.5 Å². The van der Waals surface area contributed by atoms with Gasteiger partial charge in [-0.25, -0.2) is 0 Å². The largest absolute Gasteiger partial charge is 0.507 e. The van der Waals surface area contributed by atoms with E-state index in [2.05, 4.69) is 0 Å². The Morgan fingerprint density at radius 1 is 1.10 bits per heavy atom. The highest BCUT2D eigenvalue weighted by molar-refractivity contribution is 6.46. The summed E-state index contributed by atoms with van der Waals surface area (Å²) in [6.07, 6.45) is 1.43. The summed E-state index contributed by atoms with van der Waals surface area (Å²) in [7, 11) is 0. The molecule has 1 amide bonds. The number of furan rings is 1. The number of nitrogens with zero attached hydrogens (tertiary/aromatic N) is 2. The van der Waals surface area contributed by atoms with Crippen LogP contribution in [0.4, 0.5) is 5.69 Å². The van der Waals surface area contributed by atoms with Crippen molar-refractivity contribution in [3.05, 3.63) is 105 Å². The quantitative estimate of drug-likeness (QED) is 0.219.